The van der Waals surface area contributed by atoms with Crippen molar-refractivity contribution in [1.29, 1.82) is 0 Å². The molecule has 5 heteroatoms. The molecule has 0 saturated heterocycles. The fourth-order valence-corrected chi connectivity index (χ4v) is 3.08. The number of nitrogens with zero attached hydrogens (tertiary/aromatic N) is 1. The first-order valence-corrected chi connectivity index (χ1v) is 6.72. The van der Waals surface area contributed by atoms with Gasteiger partial charge in [0.15, 0.2) is 0 Å². The molecule has 0 bridgehead atoms. The molecule has 0 radical (unpaired) electrons. The van der Waals surface area contributed by atoms with Gasteiger partial charge in [-0.05, 0) is 19.3 Å². The summed E-state index contributed by atoms with van der Waals surface area (Å²) in [5.41, 5.74) is 7.86. The second kappa shape index (κ2) is 5.35. The Labute approximate surface area is 109 Å². The van der Waals surface area contributed by atoms with Gasteiger partial charge in [0.05, 0.1) is 12.8 Å². The van der Waals surface area contributed by atoms with Gasteiger partial charge in [0.1, 0.15) is 9.55 Å². The Bertz CT molecular complexity index is 614. The lowest BCUT2D eigenvalue weighted by atomic mass is 10.0. The minimum absolute atomic E-state index is 0.390. The van der Waals surface area contributed by atoms with E-state index in [0.29, 0.717) is 10.6 Å². The van der Waals surface area contributed by atoms with Crippen molar-refractivity contribution in [2.75, 3.05) is 12.8 Å². The number of allylic oxidation sites excluding steroid dienone is 1. The van der Waals surface area contributed by atoms with E-state index >= 15 is 0 Å². The summed E-state index contributed by atoms with van der Waals surface area (Å²) in [7, 11) is 1.36. The number of carbonyl (C=O) groups excluding carboxylic acids is 1. The molecule has 2 N–H and O–H groups in total. The SMILES string of the molecule is CCC1=c2c(N)c(C(=O)OC)sc2=NC=CCC1. The Hall–Kier alpha value is -1.62. The highest BCUT2D eigenvalue weighted by Gasteiger charge is 2.17. The third kappa shape index (κ3) is 2.18. The van der Waals surface area contributed by atoms with E-state index in [4.69, 9.17) is 10.5 Å². The van der Waals surface area contributed by atoms with Gasteiger partial charge in [0, 0.05) is 11.4 Å². The fourth-order valence-electron chi connectivity index (χ4n) is 2.04. The molecule has 0 unspecified atom stereocenters. The van der Waals surface area contributed by atoms with E-state index in [2.05, 4.69) is 11.9 Å². The second-order valence-corrected chi connectivity index (χ2v) is 5.03. The number of hydrogen-bond acceptors (Lipinski definition) is 5. The van der Waals surface area contributed by atoms with Crippen LogP contribution in [0.15, 0.2) is 17.3 Å². The Kier molecular flexibility index (Phi) is 3.81. The fraction of sp³-hybridized carbons (Fsp3) is 0.385. The average molecular weight is 264 g/mol. The summed E-state index contributed by atoms with van der Waals surface area (Å²) in [6.07, 6.45) is 6.64. The molecule has 4 nitrogen and oxygen atoms in total. The molecule has 0 spiro atoms. The van der Waals surface area contributed by atoms with Crippen LogP contribution >= 0.6 is 11.3 Å². The van der Waals surface area contributed by atoms with Gasteiger partial charge in [-0.3, -0.25) is 0 Å². The number of ether oxygens (including phenoxy) is 1. The number of rotatable bonds is 2. The zero-order chi connectivity index (χ0) is 13.1. The molecule has 0 fully saturated rings. The van der Waals surface area contributed by atoms with Crippen molar-refractivity contribution in [1.82, 2.24) is 0 Å². The second-order valence-electron chi connectivity index (χ2n) is 4.03. The number of carbonyl (C=O) groups is 1. The zero-order valence-electron chi connectivity index (χ0n) is 10.5. The van der Waals surface area contributed by atoms with Crippen molar-refractivity contribution < 1.29 is 9.53 Å². The maximum atomic E-state index is 11.7. The van der Waals surface area contributed by atoms with Crippen molar-refractivity contribution in [2.45, 2.75) is 26.2 Å². The standard InChI is InChI=1S/C13H16N2O2S/c1-3-8-6-4-5-7-15-12-9(8)10(14)11(18-12)13(16)17-2/h5,7H,3-4,6,14H2,1-2H3. The Morgan fingerprint density at radius 1 is 1.61 bits per heavy atom. The van der Waals surface area contributed by atoms with Gasteiger partial charge in [0.25, 0.3) is 0 Å². The van der Waals surface area contributed by atoms with Crippen molar-refractivity contribution >= 4 is 28.6 Å². The molecule has 0 amide bonds. The largest absolute Gasteiger partial charge is 0.465 e. The monoisotopic (exact) mass is 264 g/mol. The molecule has 2 rings (SSSR count). The Morgan fingerprint density at radius 3 is 3.06 bits per heavy atom. The molecule has 0 aromatic carbocycles. The molecule has 1 aliphatic heterocycles. The molecule has 2 heterocycles. The van der Waals surface area contributed by atoms with E-state index in [1.807, 2.05) is 6.08 Å². The van der Waals surface area contributed by atoms with Gasteiger partial charge < -0.3 is 10.5 Å². The van der Waals surface area contributed by atoms with E-state index in [-0.39, 0.29) is 5.97 Å². The van der Waals surface area contributed by atoms with Crippen LogP contribution in [0.5, 0.6) is 0 Å². The van der Waals surface area contributed by atoms with Crippen molar-refractivity contribution in [3.05, 3.63) is 27.0 Å². The Balaban J connectivity index is 2.79. The van der Waals surface area contributed by atoms with E-state index in [1.54, 1.807) is 6.20 Å². The maximum absolute atomic E-state index is 11.7. The van der Waals surface area contributed by atoms with Gasteiger partial charge in [0.2, 0.25) is 0 Å². The van der Waals surface area contributed by atoms with Crippen LogP contribution in [-0.2, 0) is 4.74 Å². The molecule has 1 aromatic heterocycles. The first kappa shape index (κ1) is 12.8. The van der Waals surface area contributed by atoms with Gasteiger partial charge in [-0.1, -0.05) is 18.6 Å². The molecule has 0 aliphatic carbocycles. The van der Waals surface area contributed by atoms with Crippen LogP contribution < -0.4 is 15.6 Å². The maximum Gasteiger partial charge on any atom is 0.350 e. The third-order valence-corrected chi connectivity index (χ3v) is 4.08. The van der Waals surface area contributed by atoms with Gasteiger partial charge in [-0.2, -0.15) is 0 Å². The quantitative estimate of drug-likeness (QED) is 0.825. The molecule has 0 saturated carbocycles. The smallest absolute Gasteiger partial charge is 0.350 e. The lowest BCUT2D eigenvalue weighted by molar-refractivity contribution is 0.0607. The first-order chi connectivity index (χ1) is 8.69. The Morgan fingerprint density at radius 2 is 2.39 bits per heavy atom. The number of thiophene rings is 1. The zero-order valence-corrected chi connectivity index (χ0v) is 11.3. The topological polar surface area (TPSA) is 64.7 Å². The number of esters is 1. The molecule has 1 aliphatic rings. The molecule has 18 heavy (non-hydrogen) atoms. The number of hydrogen-bond donors (Lipinski definition) is 1. The van der Waals surface area contributed by atoms with Crippen LogP contribution in [0.25, 0.3) is 5.57 Å². The van der Waals surface area contributed by atoms with E-state index in [1.165, 1.54) is 24.0 Å². The summed E-state index contributed by atoms with van der Waals surface area (Å²) in [6, 6.07) is 0. The van der Waals surface area contributed by atoms with Crippen LogP contribution in [0, 0.1) is 0 Å². The molecular weight excluding hydrogens is 248 g/mol. The number of fused-ring (bicyclic) bond motifs is 1. The third-order valence-electron chi connectivity index (χ3n) is 2.99. The lowest BCUT2D eigenvalue weighted by Gasteiger charge is -2.03. The first-order valence-electron chi connectivity index (χ1n) is 5.90. The average Bonchev–Trinajstić information content (AvgIpc) is 2.66. The highest BCUT2D eigenvalue weighted by molar-refractivity contribution is 7.12. The van der Waals surface area contributed by atoms with E-state index < -0.39 is 0 Å². The summed E-state index contributed by atoms with van der Waals surface area (Å²) in [4.78, 5) is 16.5. The summed E-state index contributed by atoms with van der Waals surface area (Å²) >= 11 is 1.30. The summed E-state index contributed by atoms with van der Waals surface area (Å²) in [5.74, 6) is -0.390. The predicted molar refractivity (Wildman–Crippen MR) is 72.9 cm³/mol. The minimum atomic E-state index is -0.390. The summed E-state index contributed by atoms with van der Waals surface area (Å²) in [6.45, 7) is 2.10. The van der Waals surface area contributed by atoms with Crippen molar-refractivity contribution in [2.24, 2.45) is 4.99 Å². The number of nitrogen functional groups attached to an aromatic ring is 1. The van der Waals surface area contributed by atoms with Crippen LogP contribution in [0.3, 0.4) is 0 Å². The predicted octanol–water partition coefficient (Wildman–Crippen LogP) is 1.60. The van der Waals surface area contributed by atoms with Crippen LogP contribution in [0.2, 0.25) is 0 Å². The highest BCUT2D eigenvalue weighted by atomic mass is 32.1. The normalized spacial score (nSPS) is 14.4. The van der Waals surface area contributed by atoms with E-state index in [0.717, 1.165) is 29.2 Å². The van der Waals surface area contributed by atoms with Crippen LogP contribution in [0.1, 0.15) is 35.9 Å². The summed E-state index contributed by atoms with van der Waals surface area (Å²) in [5, 5.41) is 0.937. The van der Waals surface area contributed by atoms with E-state index in [9.17, 15) is 4.79 Å². The molecule has 1 aromatic rings. The molecular formula is C13H16N2O2S. The van der Waals surface area contributed by atoms with Crippen molar-refractivity contribution in [3.8, 4) is 0 Å². The minimum Gasteiger partial charge on any atom is -0.465 e. The lowest BCUT2D eigenvalue weighted by Crippen LogP contribution is -2.25. The van der Waals surface area contributed by atoms with Crippen LogP contribution in [-0.4, -0.2) is 13.1 Å². The van der Waals surface area contributed by atoms with Gasteiger partial charge >= 0.3 is 5.97 Å². The molecule has 0 atom stereocenters. The summed E-state index contributed by atoms with van der Waals surface area (Å²) < 4.78 is 5.55. The number of nitrogens with two attached hydrogens (primary N) is 1. The number of anilines is 1. The van der Waals surface area contributed by atoms with Crippen molar-refractivity contribution in [3.63, 3.8) is 0 Å². The van der Waals surface area contributed by atoms with Gasteiger partial charge in [-0.25, -0.2) is 9.79 Å². The van der Waals surface area contributed by atoms with Gasteiger partial charge in [-0.15, -0.1) is 11.3 Å². The number of methoxy groups -OCH3 is 1. The highest BCUT2D eigenvalue weighted by Crippen LogP contribution is 2.17. The molecule has 96 valence electrons. The van der Waals surface area contributed by atoms with Crippen LogP contribution in [0.4, 0.5) is 5.69 Å².